The monoisotopic (exact) mass is 345 g/mol. The maximum absolute atomic E-state index is 6.11. The van der Waals surface area contributed by atoms with Crippen LogP contribution in [0.25, 0.3) is 16.9 Å². The number of thiocarbonyl (C=S) groups is 1. The molecule has 0 amide bonds. The van der Waals surface area contributed by atoms with E-state index in [0.29, 0.717) is 22.2 Å². The SMILES string of the molecule is NC(=S)Cc1c(-c2ccc3c(c2)OCO3)nc2ccc(Cl)cn12. The number of rotatable bonds is 3. The lowest BCUT2D eigenvalue weighted by atomic mass is 10.1. The number of hydrogen-bond donors (Lipinski definition) is 1. The highest BCUT2D eigenvalue weighted by Gasteiger charge is 2.19. The van der Waals surface area contributed by atoms with Gasteiger partial charge >= 0.3 is 0 Å². The fourth-order valence-electron chi connectivity index (χ4n) is 2.68. The van der Waals surface area contributed by atoms with Gasteiger partial charge in [0, 0.05) is 18.2 Å². The van der Waals surface area contributed by atoms with E-state index in [2.05, 4.69) is 0 Å². The van der Waals surface area contributed by atoms with Crippen molar-refractivity contribution >= 4 is 34.5 Å². The van der Waals surface area contributed by atoms with Gasteiger partial charge in [-0.3, -0.25) is 0 Å². The van der Waals surface area contributed by atoms with Crippen LogP contribution in [0.15, 0.2) is 36.5 Å². The largest absolute Gasteiger partial charge is 0.454 e. The van der Waals surface area contributed by atoms with Crippen LogP contribution in [0.5, 0.6) is 11.5 Å². The molecule has 4 rings (SSSR count). The Morgan fingerprint density at radius 3 is 2.91 bits per heavy atom. The second-order valence-electron chi connectivity index (χ2n) is 5.19. The molecule has 0 saturated heterocycles. The summed E-state index contributed by atoms with van der Waals surface area (Å²) in [6.45, 7) is 0.235. The highest BCUT2D eigenvalue weighted by atomic mass is 35.5. The first-order chi connectivity index (χ1) is 11.1. The maximum atomic E-state index is 6.11. The third kappa shape index (κ3) is 2.50. The molecule has 0 atom stereocenters. The Kier molecular flexibility index (Phi) is 3.36. The Hall–Kier alpha value is -2.31. The minimum absolute atomic E-state index is 0.235. The van der Waals surface area contributed by atoms with Crippen molar-refractivity contribution in [2.45, 2.75) is 6.42 Å². The number of pyridine rings is 1. The van der Waals surface area contributed by atoms with E-state index in [4.69, 9.17) is 44.0 Å². The van der Waals surface area contributed by atoms with E-state index in [1.807, 2.05) is 34.9 Å². The second-order valence-corrected chi connectivity index (χ2v) is 6.15. The van der Waals surface area contributed by atoms with Crippen molar-refractivity contribution in [1.29, 1.82) is 0 Å². The zero-order chi connectivity index (χ0) is 16.0. The van der Waals surface area contributed by atoms with E-state index in [0.717, 1.165) is 28.3 Å². The van der Waals surface area contributed by atoms with Gasteiger partial charge in [0.2, 0.25) is 6.79 Å². The first-order valence-electron chi connectivity index (χ1n) is 6.96. The predicted molar refractivity (Wildman–Crippen MR) is 92.3 cm³/mol. The molecule has 7 heteroatoms. The van der Waals surface area contributed by atoms with Crippen LogP contribution in [0, 0.1) is 0 Å². The fraction of sp³-hybridized carbons (Fsp3) is 0.125. The van der Waals surface area contributed by atoms with Crippen LogP contribution in [-0.2, 0) is 6.42 Å². The summed E-state index contributed by atoms with van der Waals surface area (Å²) >= 11 is 11.2. The van der Waals surface area contributed by atoms with E-state index in [1.165, 1.54) is 0 Å². The van der Waals surface area contributed by atoms with Gasteiger partial charge < -0.3 is 19.6 Å². The van der Waals surface area contributed by atoms with Gasteiger partial charge in [0.25, 0.3) is 0 Å². The number of imidazole rings is 1. The molecule has 1 aliphatic heterocycles. The molecule has 0 radical (unpaired) electrons. The molecule has 0 saturated carbocycles. The average Bonchev–Trinajstić information content (AvgIpc) is 3.11. The number of nitrogens with zero attached hydrogens (tertiary/aromatic N) is 2. The van der Waals surface area contributed by atoms with E-state index < -0.39 is 0 Å². The number of ether oxygens (including phenoxy) is 2. The number of fused-ring (bicyclic) bond motifs is 2. The topological polar surface area (TPSA) is 61.8 Å². The van der Waals surface area contributed by atoms with Gasteiger partial charge in [-0.15, -0.1) is 0 Å². The van der Waals surface area contributed by atoms with Gasteiger partial charge in [0.15, 0.2) is 11.5 Å². The van der Waals surface area contributed by atoms with Gasteiger partial charge in [0.1, 0.15) is 5.65 Å². The minimum Gasteiger partial charge on any atom is -0.454 e. The highest BCUT2D eigenvalue weighted by molar-refractivity contribution is 7.80. The summed E-state index contributed by atoms with van der Waals surface area (Å²) in [5, 5.41) is 0.622. The molecule has 0 aliphatic carbocycles. The first kappa shape index (κ1) is 14.3. The van der Waals surface area contributed by atoms with Crippen LogP contribution >= 0.6 is 23.8 Å². The van der Waals surface area contributed by atoms with Crippen molar-refractivity contribution in [3.05, 3.63) is 47.2 Å². The van der Waals surface area contributed by atoms with E-state index in [-0.39, 0.29) is 6.79 Å². The lowest BCUT2D eigenvalue weighted by molar-refractivity contribution is 0.174. The lowest BCUT2D eigenvalue weighted by Crippen LogP contribution is -2.13. The summed E-state index contributed by atoms with van der Waals surface area (Å²) in [6.07, 6.45) is 2.24. The van der Waals surface area contributed by atoms with Crippen molar-refractivity contribution in [2.24, 2.45) is 5.73 Å². The Morgan fingerprint density at radius 2 is 2.09 bits per heavy atom. The zero-order valence-electron chi connectivity index (χ0n) is 12.0. The van der Waals surface area contributed by atoms with E-state index in [9.17, 15) is 0 Å². The molecule has 3 heterocycles. The van der Waals surface area contributed by atoms with Gasteiger partial charge in [-0.25, -0.2) is 4.98 Å². The normalized spacial score (nSPS) is 12.7. The number of aromatic nitrogens is 2. The lowest BCUT2D eigenvalue weighted by Gasteiger charge is -2.05. The van der Waals surface area contributed by atoms with Gasteiger partial charge in [-0.1, -0.05) is 23.8 Å². The molecule has 2 aromatic heterocycles. The van der Waals surface area contributed by atoms with Crippen molar-refractivity contribution < 1.29 is 9.47 Å². The number of benzene rings is 1. The number of hydrogen-bond acceptors (Lipinski definition) is 4. The first-order valence-corrected chi connectivity index (χ1v) is 7.75. The third-order valence-corrected chi connectivity index (χ3v) is 4.04. The Labute approximate surface area is 142 Å². The zero-order valence-corrected chi connectivity index (χ0v) is 13.5. The van der Waals surface area contributed by atoms with Crippen LogP contribution in [0.3, 0.4) is 0 Å². The molecule has 0 fully saturated rings. The van der Waals surface area contributed by atoms with E-state index >= 15 is 0 Å². The number of nitrogens with two attached hydrogens (primary N) is 1. The van der Waals surface area contributed by atoms with Crippen LogP contribution in [0.4, 0.5) is 0 Å². The Morgan fingerprint density at radius 1 is 1.26 bits per heavy atom. The van der Waals surface area contributed by atoms with Crippen molar-refractivity contribution in [2.75, 3.05) is 6.79 Å². The smallest absolute Gasteiger partial charge is 0.231 e. The summed E-state index contributed by atoms with van der Waals surface area (Å²) in [5.74, 6) is 1.44. The molecule has 0 spiro atoms. The van der Waals surface area contributed by atoms with Crippen LogP contribution in [0.1, 0.15) is 5.69 Å². The molecule has 23 heavy (non-hydrogen) atoms. The van der Waals surface area contributed by atoms with Crippen molar-refractivity contribution in [1.82, 2.24) is 9.38 Å². The molecule has 0 unspecified atom stereocenters. The molecule has 3 aromatic rings. The standard InChI is InChI=1S/C16H12ClN3O2S/c17-10-2-4-15-19-16(11(6-14(18)23)20(15)7-10)9-1-3-12-13(5-9)22-8-21-12/h1-5,7H,6,8H2,(H2,18,23). The quantitative estimate of drug-likeness (QED) is 0.738. The number of halogens is 1. The van der Waals surface area contributed by atoms with Gasteiger partial charge in [-0.2, -0.15) is 0 Å². The van der Waals surface area contributed by atoms with Gasteiger partial charge in [-0.05, 0) is 30.3 Å². The summed E-state index contributed by atoms with van der Waals surface area (Å²) in [5.41, 5.74) is 9.17. The molecular weight excluding hydrogens is 334 g/mol. The summed E-state index contributed by atoms with van der Waals surface area (Å²) in [4.78, 5) is 5.09. The average molecular weight is 346 g/mol. The minimum atomic E-state index is 0.235. The predicted octanol–water partition coefficient (Wildman–Crippen LogP) is 3.21. The molecular formula is C16H12ClN3O2S. The molecule has 1 aliphatic rings. The Balaban J connectivity index is 1.93. The molecule has 0 bridgehead atoms. The van der Waals surface area contributed by atoms with Gasteiger partial charge in [0.05, 0.1) is 21.4 Å². The fourth-order valence-corrected chi connectivity index (χ4v) is 2.97. The van der Waals surface area contributed by atoms with Crippen molar-refractivity contribution in [3.8, 4) is 22.8 Å². The van der Waals surface area contributed by atoms with Crippen LogP contribution < -0.4 is 15.2 Å². The molecule has 5 nitrogen and oxygen atoms in total. The summed E-state index contributed by atoms with van der Waals surface area (Å²) < 4.78 is 12.7. The summed E-state index contributed by atoms with van der Waals surface area (Å²) in [7, 11) is 0. The summed E-state index contributed by atoms with van der Waals surface area (Å²) in [6, 6.07) is 9.40. The Bertz CT molecular complexity index is 938. The van der Waals surface area contributed by atoms with Crippen LogP contribution in [0.2, 0.25) is 5.02 Å². The maximum Gasteiger partial charge on any atom is 0.231 e. The molecule has 2 N–H and O–H groups in total. The highest BCUT2D eigenvalue weighted by Crippen LogP contribution is 2.37. The van der Waals surface area contributed by atoms with E-state index in [1.54, 1.807) is 6.07 Å². The van der Waals surface area contributed by atoms with Crippen molar-refractivity contribution in [3.63, 3.8) is 0 Å². The van der Waals surface area contributed by atoms with Crippen LogP contribution in [-0.4, -0.2) is 21.2 Å². The molecule has 116 valence electrons. The third-order valence-electron chi connectivity index (χ3n) is 3.67. The molecule has 1 aromatic carbocycles. The second kappa shape index (κ2) is 5.40.